The summed E-state index contributed by atoms with van der Waals surface area (Å²) in [6.07, 6.45) is 2.58. The van der Waals surface area contributed by atoms with Gasteiger partial charge in [-0.05, 0) is 42.5 Å². The summed E-state index contributed by atoms with van der Waals surface area (Å²) in [6, 6.07) is 16.5. The van der Waals surface area contributed by atoms with E-state index in [4.69, 9.17) is 4.98 Å². The highest BCUT2D eigenvalue weighted by Gasteiger charge is 2.35. The molecule has 1 aliphatic heterocycles. The van der Waals surface area contributed by atoms with E-state index in [1.165, 1.54) is 4.90 Å². The Bertz CT molecular complexity index is 979. The number of aromatic nitrogens is 2. The topological polar surface area (TPSA) is 38.1 Å². The standard InChI is InChI=1S/C22H25N3OS/c1-15(2)13-25-20-10-5-4-9-19(20)23-22(25)16-11-21(26)24(14-16)17-7-6-8-18(12-17)27-3/h4-10,12,15-16H,11,13-14H2,1-3H3. The number of hydrogen-bond donors (Lipinski definition) is 0. The third-order valence-electron chi connectivity index (χ3n) is 5.09. The van der Waals surface area contributed by atoms with E-state index in [1.807, 2.05) is 23.1 Å². The molecule has 0 radical (unpaired) electrons. The molecule has 4 rings (SSSR count). The van der Waals surface area contributed by atoms with Crippen molar-refractivity contribution in [2.75, 3.05) is 17.7 Å². The molecule has 140 valence electrons. The van der Waals surface area contributed by atoms with E-state index in [2.05, 4.69) is 55.0 Å². The SMILES string of the molecule is CSc1cccc(N2CC(c3nc4ccccc4n3CC(C)C)CC2=O)c1. The van der Waals surface area contributed by atoms with E-state index in [9.17, 15) is 4.79 Å². The molecule has 2 heterocycles. The maximum absolute atomic E-state index is 12.8. The Morgan fingerprint density at radius 1 is 1.19 bits per heavy atom. The predicted octanol–water partition coefficient (Wildman–Crippen LogP) is 4.93. The van der Waals surface area contributed by atoms with Crippen molar-refractivity contribution in [3.63, 3.8) is 0 Å². The van der Waals surface area contributed by atoms with E-state index in [1.54, 1.807) is 11.8 Å². The van der Waals surface area contributed by atoms with Gasteiger partial charge >= 0.3 is 0 Å². The molecule has 0 aliphatic carbocycles. The maximum atomic E-state index is 12.8. The number of imidazole rings is 1. The molecule has 1 fully saturated rings. The van der Waals surface area contributed by atoms with Crippen molar-refractivity contribution in [3.8, 4) is 0 Å². The minimum atomic E-state index is 0.126. The fourth-order valence-corrected chi connectivity index (χ4v) is 4.32. The summed E-state index contributed by atoms with van der Waals surface area (Å²) < 4.78 is 2.32. The van der Waals surface area contributed by atoms with Crippen LogP contribution in [-0.2, 0) is 11.3 Å². The summed E-state index contributed by atoms with van der Waals surface area (Å²) in [7, 11) is 0. The van der Waals surface area contributed by atoms with Gasteiger partial charge in [0.05, 0.1) is 11.0 Å². The molecule has 5 heteroatoms. The number of para-hydroxylation sites is 2. The zero-order valence-corrected chi connectivity index (χ0v) is 16.9. The molecule has 1 atom stereocenters. The highest BCUT2D eigenvalue weighted by atomic mass is 32.2. The van der Waals surface area contributed by atoms with Gasteiger partial charge < -0.3 is 9.47 Å². The Kier molecular flexibility index (Phi) is 4.96. The van der Waals surface area contributed by atoms with Gasteiger partial charge in [-0.25, -0.2) is 4.98 Å². The van der Waals surface area contributed by atoms with Crippen molar-refractivity contribution in [1.29, 1.82) is 0 Å². The second-order valence-corrected chi connectivity index (χ2v) is 8.45. The van der Waals surface area contributed by atoms with Crippen LogP contribution in [0.3, 0.4) is 0 Å². The summed E-state index contributed by atoms with van der Waals surface area (Å²) in [4.78, 5) is 20.8. The van der Waals surface area contributed by atoms with Crippen LogP contribution < -0.4 is 4.90 Å². The minimum Gasteiger partial charge on any atom is -0.327 e. The van der Waals surface area contributed by atoms with Gasteiger partial charge in [-0.15, -0.1) is 11.8 Å². The van der Waals surface area contributed by atoms with Crippen molar-refractivity contribution in [1.82, 2.24) is 9.55 Å². The van der Waals surface area contributed by atoms with E-state index >= 15 is 0 Å². The first-order valence-corrected chi connectivity index (χ1v) is 10.7. The summed E-state index contributed by atoms with van der Waals surface area (Å²) in [5, 5.41) is 0. The first-order chi connectivity index (χ1) is 13.1. The van der Waals surface area contributed by atoms with Crippen molar-refractivity contribution < 1.29 is 4.79 Å². The van der Waals surface area contributed by atoms with Gasteiger partial charge in [-0.2, -0.15) is 0 Å². The number of nitrogens with zero attached hydrogens (tertiary/aromatic N) is 3. The molecular weight excluding hydrogens is 354 g/mol. The highest BCUT2D eigenvalue weighted by molar-refractivity contribution is 7.98. The molecule has 4 nitrogen and oxygen atoms in total. The number of carbonyl (C=O) groups is 1. The molecule has 0 bridgehead atoms. The summed E-state index contributed by atoms with van der Waals surface area (Å²) in [6.45, 7) is 6.05. The average molecular weight is 380 g/mol. The monoisotopic (exact) mass is 379 g/mol. The van der Waals surface area contributed by atoms with Crippen molar-refractivity contribution in [3.05, 3.63) is 54.4 Å². The smallest absolute Gasteiger partial charge is 0.227 e. The van der Waals surface area contributed by atoms with E-state index in [0.29, 0.717) is 18.9 Å². The Hall–Kier alpha value is -2.27. The van der Waals surface area contributed by atoms with Gasteiger partial charge in [0, 0.05) is 36.0 Å². The van der Waals surface area contributed by atoms with Gasteiger partial charge in [0.1, 0.15) is 5.82 Å². The number of anilines is 1. The van der Waals surface area contributed by atoms with E-state index in [0.717, 1.165) is 29.1 Å². The zero-order valence-electron chi connectivity index (χ0n) is 16.1. The lowest BCUT2D eigenvalue weighted by Gasteiger charge is -2.18. The van der Waals surface area contributed by atoms with Gasteiger partial charge in [-0.1, -0.05) is 32.0 Å². The first kappa shape index (κ1) is 18.1. The molecular formula is C22H25N3OS. The lowest BCUT2D eigenvalue weighted by Crippen LogP contribution is -2.24. The van der Waals surface area contributed by atoms with Crippen LogP contribution in [0.25, 0.3) is 11.0 Å². The van der Waals surface area contributed by atoms with Crippen LogP contribution in [0.5, 0.6) is 0 Å². The van der Waals surface area contributed by atoms with E-state index in [-0.39, 0.29) is 11.8 Å². The average Bonchev–Trinajstić information content (AvgIpc) is 3.22. The van der Waals surface area contributed by atoms with Crippen LogP contribution >= 0.6 is 11.8 Å². The second-order valence-electron chi connectivity index (χ2n) is 7.57. The van der Waals surface area contributed by atoms with Gasteiger partial charge in [0.25, 0.3) is 0 Å². The zero-order chi connectivity index (χ0) is 19.0. The number of amides is 1. The number of fused-ring (bicyclic) bond motifs is 1. The predicted molar refractivity (Wildman–Crippen MR) is 113 cm³/mol. The Labute approximate surface area is 164 Å². The molecule has 0 N–H and O–H groups in total. The Morgan fingerprint density at radius 3 is 2.78 bits per heavy atom. The summed E-state index contributed by atoms with van der Waals surface area (Å²) in [5.41, 5.74) is 3.17. The van der Waals surface area contributed by atoms with Crippen LogP contribution in [0.2, 0.25) is 0 Å². The van der Waals surface area contributed by atoms with Crippen molar-refractivity contribution in [2.45, 2.75) is 37.6 Å². The summed E-state index contributed by atoms with van der Waals surface area (Å²) >= 11 is 1.70. The molecule has 2 aromatic carbocycles. The number of benzene rings is 2. The lowest BCUT2D eigenvalue weighted by molar-refractivity contribution is -0.117. The van der Waals surface area contributed by atoms with Crippen LogP contribution in [0.4, 0.5) is 5.69 Å². The van der Waals surface area contributed by atoms with Gasteiger partial charge in [0.15, 0.2) is 0 Å². The van der Waals surface area contributed by atoms with Crippen LogP contribution in [-0.4, -0.2) is 28.3 Å². The molecule has 1 saturated heterocycles. The van der Waals surface area contributed by atoms with Gasteiger partial charge in [-0.3, -0.25) is 4.79 Å². The van der Waals surface area contributed by atoms with Gasteiger partial charge in [0.2, 0.25) is 5.91 Å². The molecule has 1 aliphatic rings. The highest BCUT2D eigenvalue weighted by Crippen LogP contribution is 2.34. The number of carbonyl (C=O) groups excluding carboxylic acids is 1. The molecule has 0 saturated carbocycles. The molecule has 1 aromatic heterocycles. The largest absolute Gasteiger partial charge is 0.327 e. The number of thioether (sulfide) groups is 1. The molecule has 0 spiro atoms. The van der Waals surface area contributed by atoms with Crippen LogP contribution in [0, 0.1) is 5.92 Å². The third kappa shape index (κ3) is 3.48. The minimum absolute atomic E-state index is 0.126. The third-order valence-corrected chi connectivity index (χ3v) is 5.81. The second kappa shape index (κ2) is 7.39. The molecule has 27 heavy (non-hydrogen) atoms. The Morgan fingerprint density at radius 2 is 2.00 bits per heavy atom. The maximum Gasteiger partial charge on any atom is 0.227 e. The van der Waals surface area contributed by atoms with Crippen LogP contribution in [0.15, 0.2) is 53.4 Å². The number of rotatable bonds is 5. The number of hydrogen-bond acceptors (Lipinski definition) is 3. The molecule has 1 amide bonds. The van der Waals surface area contributed by atoms with E-state index < -0.39 is 0 Å². The van der Waals surface area contributed by atoms with Crippen molar-refractivity contribution >= 4 is 34.4 Å². The van der Waals surface area contributed by atoms with Crippen molar-refractivity contribution in [2.24, 2.45) is 5.92 Å². The quantitative estimate of drug-likeness (QED) is 0.590. The van der Waals surface area contributed by atoms with Crippen LogP contribution in [0.1, 0.15) is 32.0 Å². The fraction of sp³-hybridized carbons (Fsp3) is 0.364. The molecule has 1 unspecified atom stereocenters. The normalized spacial score (nSPS) is 17.4. The fourth-order valence-electron chi connectivity index (χ4n) is 3.87. The Balaban J connectivity index is 1.69. The lowest BCUT2D eigenvalue weighted by atomic mass is 10.1. The molecule has 3 aromatic rings. The first-order valence-electron chi connectivity index (χ1n) is 9.46. The summed E-state index contributed by atoms with van der Waals surface area (Å²) in [5.74, 6) is 1.87.